The van der Waals surface area contributed by atoms with Crippen molar-refractivity contribution in [2.45, 2.75) is 32.2 Å². The molecule has 0 radical (unpaired) electrons. The fourth-order valence-corrected chi connectivity index (χ4v) is 4.68. The number of imidazole rings is 1. The summed E-state index contributed by atoms with van der Waals surface area (Å²) in [5.41, 5.74) is 4.37. The zero-order valence-electron chi connectivity index (χ0n) is 18.8. The second-order valence-corrected chi connectivity index (χ2v) is 8.46. The van der Waals surface area contributed by atoms with Gasteiger partial charge in [0.05, 0.1) is 37.5 Å². The van der Waals surface area contributed by atoms with Crippen molar-refractivity contribution in [1.82, 2.24) is 14.5 Å². The number of carbonyl (C=O) groups is 1. The molecular formula is C26H26FN3O3. The fraction of sp³-hybridized carbons (Fsp3) is 0.308. The van der Waals surface area contributed by atoms with Gasteiger partial charge in [0, 0.05) is 36.4 Å². The molecule has 2 aliphatic rings. The highest BCUT2D eigenvalue weighted by Gasteiger charge is 2.33. The van der Waals surface area contributed by atoms with Crippen LogP contribution in [0.25, 0.3) is 11.8 Å². The number of halogens is 1. The van der Waals surface area contributed by atoms with E-state index < -0.39 is 0 Å². The molecule has 5 rings (SSSR count). The Morgan fingerprint density at radius 3 is 2.91 bits per heavy atom. The molecule has 0 bridgehead atoms. The smallest absolute Gasteiger partial charge is 0.250 e. The third-order valence-electron chi connectivity index (χ3n) is 6.27. The number of hydrogen-bond acceptors (Lipinski definition) is 4. The number of likely N-dealkylation sites (tertiary alicyclic amines) is 1. The van der Waals surface area contributed by atoms with Crippen molar-refractivity contribution in [2.75, 3.05) is 20.3 Å². The molecule has 0 aliphatic carbocycles. The number of amides is 1. The van der Waals surface area contributed by atoms with Crippen molar-refractivity contribution < 1.29 is 18.7 Å². The van der Waals surface area contributed by atoms with Gasteiger partial charge in [-0.1, -0.05) is 12.1 Å². The Balaban J connectivity index is 1.43. The van der Waals surface area contributed by atoms with Crippen molar-refractivity contribution in [3.63, 3.8) is 0 Å². The van der Waals surface area contributed by atoms with E-state index in [1.807, 2.05) is 46.9 Å². The quantitative estimate of drug-likeness (QED) is 0.536. The normalized spacial score (nSPS) is 19.4. The molecule has 7 heteroatoms. The second kappa shape index (κ2) is 8.73. The van der Waals surface area contributed by atoms with Gasteiger partial charge >= 0.3 is 0 Å². The molecule has 0 unspecified atom stereocenters. The van der Waals surface area contributed by atoms with Crippen LogP contribution in [0.5, 0.6) is 11.5 Å². The molecule has 2 aromatic carbocycles. The van der Waals surface area contributed by atoms with Gasteiger partial charge in [-0.25, -0.2) is 9.37 Å². The lowest BCUT2D eigenvalue weighted by atomic mass is 9.93. The van der Waals surface area contributed by atoms with E-state index >= 15 is 0 Å². The molecule has 3 aromatic rings. The number of ether oxygens (including phenoxy) is 2. The van der Waals surface area contributed by atoms with Crippen LogP contribution in [0.1, 0.15) is 42.1 Å². The molecule has 1 aromatic heterocycles. The van der Waals surface area contributed by atoms with Crippen LogP contribution < -0.4 is 9.47 Å². The highest BCUT2D eigenvalue weighted by molar-refractivity contribution is 5.99. The van der Waals surface area contributed by atoms with Gasteiger partial charge in [-0.15, -0.1) is 0 Å². The summed E-state index contributed by atoms with van der Waals surface area (Å²) in [6, 6.07) is 10.4. The largest absolute Gasteiger partial charge is 0.495 e. The Hall–Kier alpha value is -3.61. The van der Waals surface area contributed by atoms with Crippen LogP contribution in [0.15, 0.2) is 54.5 Å². The van der Waals surface area contributed by atoms with E-state index in [2.05, 4.69) is 4.98 Å². The molecular weight excluding hydrogens is 421 g/mol. The van der Waals surface area contributed by atoms with Crippen molar-refractivity contribution in [3.05, 3.63) is 77.1 Å². The molecule has 2 aliphatic heterocycles. The monoisotopic (exact) mass is 447 g/mol. The van der Waals surface area contributed by atoms with Crippen molar-refractivity contribution in [1.29, 1.82) is 0 Å². The summed E-state index contributed by atoms with van der Waals surface area (Å²) in [5.74, 6) is 0.937. The van der Waals surface area contributed by atoms with Gasteiger partial charge in [0.25, 0.3) is 0 Å². The predicted molar refractivity (Wildman–Crippen MR) is 123 cm³/mol. The van der Waals surface area contributed by atoms with E-state index in [1.54, 1.807) is 19.5 Å². The molecule has 0 saturated carbocycles. The van der Waals surface area contributed by atoms with Crippen LogP contribution in [0.2, 0.25) is 0 Å². The Bertz CT molecular complexity index is 1230. The van der Waals surface area contributed by atoms with Crippen LogP contribution in [-0.2, 0) is 4.79 Å². The van der Waals surface area contributed by atoms with E-state index in [0.717, 1.165) is 40.9 Å². The summed E-state index contributed by atoms with van der Waals surface area (Å²) in [6.07, 6.45) is 7.95. The summed E-state index contributed by atoms with van der Waals surface area (Å²) >= 11 is 0. The first-order valence-corrected chi connectivity index (χ1v) is 11.2. The third-order valence-corrected chi connectivity index (χ3v) is 6.27. The van der Waals surface area contributed by atoms with Crippen LogP contribution >= 0.6 is 0 Å². The third kappa shape index (κ3) is 4.11. The molecule has 1 atom stereocenters. The van der Waals surface area contributed by atoms with E-state index in [-0.39, 0.29) is 17.8 Å². The number of aromatic nitrogens is 2. The summed E-state index contributed by atoms with van der Waals surface area (Å²) < 4.78 is 26.8. The minimum absolute atomic E-state index is 0.0247. The molecule has 1 amide bonds. The van der Waals surface area contributed by atoms with Crippen LogP contribution in [-0.4, -0.2) is 40.6 Å². The molecule has 1 fully saturated rings. The van der Waals surface area contributed by atoms with Gasteiger partial charge < -0.3 is 18.9 Å². The lowest BCUT2D eigenvalue weighted by molar-refractivity contribution is -0.131. The Labute approximate surface area is 192 Å². The number of rotatable bonds is 4. The van der Waals surface area contributed by atoms with Gasteiger partial charge in [-0.3, -0.25) is 4.79 Å². The highest BCUT2D eigenvalue weighted by atomic mass is 19.1. The van der Waals surface area contributed by atoms with Gasteiger partial charge in [-0.05, 0) is 49.6 Å². The first-order chi connectivity index (χ1) is 16.0. The van der Waals surface area contributed by atoms with Gasteiger partial charge in [0.2, 0.25) is 5.91 Å². The summed E-state index contributed by atoms with van der Waals surface area (Å²) in [6.45, 7) is 3.09. The molecule has 0 N–H and O–H groups in total. The maximum atomic E-state index is 13.7. The number of benzene rings is 2. The Morgan fingerprint density at radius 1 is 1.24 bits per heavy atom. The zero-order chi connectivity index (χ0) is 22.9. The lowest BCUT2D eigenvalue weighted by Gasteiger charge is -2.38. The Morgan fingerprint density at radius 2 is 2.12 bits per heavy atom. The maximum absolute atomic E-state index is 13.7. The van der Waals surface area contributed by atoms with E-state index in [0.29, 0.717) is 31.1 Å². The fourth-order valence-electron chi connectivity index (χ4n) is 4.68. The summed E-state index contributed by atoms with van der Waals surface area (Å²) in [7, 11) is 1.64. The molecule has 1 saturated heterocycles. The van der Waals surface area contributed by atoms with Crippen molar-refractivity contribution in [3.8, 4) is 17.2 Å². The van der Waals surface area contributed by atoms with Gasteiger partial charge in [0.1, 0.15) is 17.3 Å². The summed E-state index contributed by atoms with van der Waals surface area (Å²) in [4.78, 5) is 19.6. The molecule has 0 spiro atoms. The van der Waals surface area contributed by atoms with Gasteiger partial charge in [0.15, 0.2) is 0 Å². The van der Waals surface area contributed by atoms with Crippen LogP contribution in [0.4, 0.5) is 4.39 Å². The summed E-state index contributed by atoms with van der Waals surface area (Å²) in [5, 5.41) is 0. The first-order valence-electron chi connectivity index (χ1n) is 11.2. The van der Waals surface area contributed by atoms with E-state index in [9.17, 15) is 9.18 Å². The molecule has 170 valence electrons. The number of methoxy groups -OCH3 is 1. The number of aryl methyl sites for hydroxylation is 1. The van der Waals surface area contributed by atoms with Crippen LogP contribution in [0, 0.1) is 12.7 Å². The standard InChI is InChI=1S/C26H26FN3O3/c1-17-15-29(16-28-17)23-8-5-18(13-25(23)32-2)12-19-4-3-10-30(26(19)31)22-9-11-33-24-14-20(27)6-7-21(22)24/h5-8,12-16,22H,3-4,9-11H2,1-2H3/t22-/m0/s1. The van der Waals surface area contributed by atoms with E-state index in [4.69, 9.17) is 9.47 Å². The molecule has 6 nitrogen and oxygen atoms in total. The molecule has 33 heavy (non-hydrogen) atoms. The average Bonchev–Trinajstić information content (AvgIpc) is 3.26. The lowest BCUT2D eigenvalue weighted by Crippen LogP contribution is -2.41. The number of nitrogens with zero attached hydrogens (tertiary/aromatic N) is 3. The number of carbonyl (C=O) groups excluding carboxylic acids is 1. The highest BCUT2D eigenvalue weighted by Crippen LogP contribution is 2.39. The maximum Gasteiger partial charge on any atom is 0.250 e. The topological polar surface area (TPSA) is 56.6 Å². The first kappa shape index (κ1) is 21.2. The van der Waals surface area contributed by atoms with Gasteiger partial charge in [-0.2, -0.15) is 0 Å². The predicted octanol–water partition coefficient (Wildman–Crippen LogP) is 4.86. The number of fused-ring (bicyclic) bond motifs is 1. The zero-order valence-corrected chi connectivity index (χ0v) is 18.8. The van der Waals surface area contributed by atoms with Crippen molar-refractivity contribution >= 4 is 12.0 Å². The van der Waals surface area contributed by atoms with Crippen LogP contribution in [0.3, 0.4) is 0 Å². The van der Waals surface area contributed by atoms with E-state index in [1.165, 1.54) is 12.1 Å². The Kier molecular flexibility index (Phi) is 5.62. The average molecular weight is 448 g/mol. The van der Waals surface area contributed by atoms with Crippen molar-refractivity contribution in [2.24, 2.45) is 0 Å². The number of piperidine rings is 1. The number of hydrogen-bond donors (Lipinski definition) is 0. The second-order valence-electron chi connectivity index (χ2n) is 8.46. The SMILES string of the molecule is COc1cc(C=C2CCCN([C@H]3CCOc4cc(F)ccc43)C2=O)ccc1-n1cnc(C)c1. The minimum Gasteiger partial charge on any atom is -0.495 e. The molecule has 3 heterocycles. The minimum atomic E-state index is -0.330.